The van der Waals surface area contributed by atoms with Crippen LogP contribution < -0.4 is 10.5 Å². The molecular formula is C30H37N3O7Si. The maximum atomic E-state index is 14.4. The van der Waals surface area contributed by atoms with E-state index in [9.17, 15) is 24.3 Å². The van der Waals surface area contributed by atoms with Gasteiger partial charge in [0.2, 0.25) is 0 Å². The van der Waals surface area contributed by atoms with Crippen molar-refractivity contribution in [2.45, 2.75) is 62.9 Å². The molecular weight excluding hydrogens is 542 g/mol. The second-order valence-corrected chi connectivity index (χ2v) is 15.5. The number of hydrogen-bond donors (Lipinski definition) is 2. The SMILES string of the molecule is COC(=O)CCCCN1C(=O)[C@]2(O[C@H](CCO)[C@@H]([Si](C)(C)O)[C@@H]2C)c2cc(-n3ncc4ccccc4c3=O)ccc21. The molecule has 1 saturated heterocycles. The number of nitrogens with zero attached hydrogens (tertiary/aromatic N) is 3. The number of rotatable bonds is 9. The van der Waals surface area contributed by atoms with Gasteiger partial charge in [0.05, 0.1) is 36.2 Å². The molecule has 0 radical (unpaired) electrons. The Morgan fingerprint density at radius 1 is 1.17 bits per heavy atom. The summed E-state index contributed by atoms with van der Waals surface area (Å²) >= 11 is 0. The first-order chi connectivity index (χ1) is 19.5. The van der Waals surface area contributed by atoms with Crippen molar-refractivity contribution >= 4 is 36.7 Å². The van der Waals surface area contributed by atoms with E-state index >= 15 is 0 Å². The number of esters is 1. The number of aromatic nitrogens is 2. The summed E-state index contributed by atoms with van der Waals surface area (Å²) in [6, 6.07) is 12.6. The van der Waals surface area contributed by atoms with E-state index in [1.165, 1.54) is 11.8 Å². The largest absolute Gasteiger partial charge is 0.469 e. The van der Waals surface area contributed by atoms with Crippen molar-refractivity contribution in [2.75, 3.05) is 25.2 Å². The van der Waals surface area contributed by atoms with Crippen LogP contribution in [-0.4, -0.2) is 66.2 Å². The van der Waals surface area contributed by atoms with Crippen molar-refractivity contribution in [3.8, 4) is 5.69 Å². The third kappa shape index (κ3) is 4.90. The molecule has 2 aliphatic rings. The number of anilines is 1. The fourth-order valence-electron chi connectivity index (χ4n) is 6.73. The average Bonchev–Trinajstić information content (AvgIpc) is 3.37. The van der Waals surface area contributed by atoms with Crippen LogP contribution in [0, 0.1) is 5.92 Å². The van der Waals surface area contributed by atoms with Gasteiger partial charge in [0.15, 0.2) is 13.9 Å². The number of ether oxygens (including phenoxy) is 2. The first-order valence-electron chi connectivity index (χ1n) is 14.1. The van der Waals surface area contributed by atoms with Crippen LogP contribution in [0.3, 0.4) is 0 Å². The Hall–Kier alpha value is -3.38. The Balaban J connectivity index is 1.62. The highest BCUT2D eigenvalue weighted by molar-refractivity contribution is 6.71. The Bertz CT molecular complexity index is 1530. The van der Waals surface area contributed by atoms with Gasteiger partial charge < -0.3 is 24.3 Å². The first kappa shape index (κ1) is 29.1. The number of aliphatic hydroxyl groups excluding tert-OH is 1. The third-order valence-corrected chi connectivity index (χ3v) is 11.1. The summed E-state index contributed by atoms with van der Waals surface area (Å²) in [4.78, 5) is 52.4. The van der Waals surface area contributed by atoms with E-state index in [0.29, 0.717) is 48.1 Å². The zero-order valence-corrected chi connectivity index (χ0v) is 24.9. The van der Waals surface area contributed by atoms with E-state index in [2.05, 4.69) is 5.10 Å². The van der Waals surface area contributed by atoms with Crippen LogP contribution in [0.2, 0.25) is 18.6 Å². The summed E-state index contributed by atoms with van der Waals surface area (Å²) in [5.74, 6) is -0.934. The molecule has 1 spiro atoms. The molecule has 41 heavy (non-hydrogen) atoms. The fraction of sp³-hybridized carbons (Fsp3) is 0.467. The van der Waals surface area contributed by atoms with Crippen molar-refractivity contribution in [2.24, 2.45) is 5.92 Å². The first-order valence-corrected chi connectivity index (χ1v) is 17.1. The highest BCUT2D eigenvalue weighted by atomic mass is 28.4. The standard InChI is InChI=1S/C30H37N3O7Si/c1-19-27(41(3,4)38)25(14-16-34)40-30(19)23-17-21(33-28(36)22-10-6-5-9-20(22)18-31-33)12-13-24(23)32(29(30)37)15-8-7-11-26(35)39-2/h5-6,9-10,12-13,17-19,25,27,34,38H,7-8,11,14-16H2,1-4H3/t19-,25+,27-,30+/m0/s1. The Morgan fingerprint density at radius 3 is 2.63 bits per heavy atom. The quantitative estimate of drug-likeness (QED) is 0.224. The number of methoxy groups -OCH3 is 1. The van der Waals surface area contributed by atoms with E-state index in [1.54, 1.807) is 35.4 Å². The van der Waals surface area contributed by atoms with Gasteiger partial charge in [-0.3, -0.25) is 14.4 Å². The van der Waals surface area contributed by atoms with Gasteiger partial charge >= 0.3 is 5.97 Å². The predicted molar refractivity (Wildman–Crippen MR) is 156 cm³/mol. The Kier molecular flexibility index (Phi) is 7.90. The molecule has 4 atom stereocenters. The number of unbranched alkanes of at least 4 members (excludes halogenated alkanes) is 1. The third-order valence-electron chi connectivity index (χ3n) is 8.56. The Morgan fingerprint density at radius 2 is 1.93 bits per heavy atom. The monoisotopic (exact) mass is 579 g/mol. The van der Waals surface area contributed by atoms with Gasteiger partial charge in [-0.1, -0.05) is 25.1 Å². The predicted octanol–water partition coefficient (Wildman–Crippen LogP) is 3.26. The van der Waals surface area contributed by atoms with Crippen LogP contribution in [0.15, 0.2) is 53.5 Å². The number of carbonyl (C=O) groups is 2. The summed E-state index contributed by atoms with van der Waals surface area (Å²) in [6.07, 6.45) is 2.80. The summed E-state index contributed by atoms with van der Waals surface area (Å²) in [6.45, 7) is 5.83. The maximum Gasteiger partial charge on any atom is 0.305 e. The number of hydrogen-bond acceptors (Lipinski definition) is 8. The van der Waals surface area contributed by atoms with Crippen LogP contribution in [-0.2, 0) is 24.7 Å². The van der Waals surface area contributed by atoms with Gasteiger partial charge in [0.25, 0.3) is 11.5 Å². The number of benzene rings is 2. The molecule has 3 aromatic rings. The molecule has 218 valence electrons. The van der Waals surface area contributed by atoms with E-state index in [-0.39, 0.29) is 36.0 Å². The van der Waals surface area contributed by atoms with Gasteiger partial charge in [-0.15, -0.1) is 0 Å². The van der Waals surface area contributed by atoms with Crippen LogP contribution in [0.4, 0.5) is 5.69 Å². The number of carbonyl (C=O) groups excluding carboxylic acids is 2. The second-order valence-electron chi connectivity index (χ2n) is 11.5. The van der Waals surface area contributed by atoms with Gasteiger partial charge in [-0.05, 0) is 56.6 Å². The number of fused-ring (bicyclic) bond motifs is 3. The lowest BCUT2D eigenvalue weighted by atomic mass is 9.82. The molecule has 0 unspecified atom stereocenters. The summed E-state index contributed by atoms with van der Waals surface area (Å²) in [5, 5.41) is 15.5. The van der Waals surface area contributed by atoms with Gasteiger partial charge in [-0.25, -0.2) is 0 Å². The average molecular weight is 580 g/mol. The molecule has 2 N–H and O–H groups in total. The van der Waals surface area contributed by atoms with Gasteiger partial charge in [0, 0.05) is 42.0 Å². The van der Waals surface area contributed by atoms with Gasteiger partial charge in [-0.2, -0.15) is 9.78 Å². The van der Waals surface area contributed by atoms with Gasteiger partial charge in [0.1, 0.15) is 0 Å². The van der Waals surface area contributed by atoms with Crippen molar-refractivity contribution in [3.63, 3.8) is 0 Å². The Labute approximate surface area is 239 Å². The lowest BCUT2D eigenvalue weighted by Crippen LogP contribution is -2.46. The second kappa shape index (κ2) is 11.1. The van der Waals surface area contributed by atoms with E-state index < -0.39 is 25.9 Å². The lowest BCUT2D eigenvalue weighted by Gasteiger charge is -2.32. The van der Waals surface area contributed by atoms with E-state index in [1.807, 2.05) is 38.2 Å². The van der Waals surface area contributed by atoms with Crippen LogP contribution in [0.25, 0.3) is 16.5 Å². The summed E-state index contributed by atoms with van der Waals surface area (Å²) in [7, 11) is -1.49. The van der Waals surface area contributed by atoms with Crippen molar-refractivity contribution in [1.29, 1.82) is 0 Å². The molecule has 5 rings (SSSR count). The molecule has 0 aliphatic carbocycles. The topological polar surface area (TPSA) is 131 Å². The maximum absolute atomic E-state index is 14.4. The number of aliphatic hydroxyl groups is 1. The molecule has 1 amide bonds. The van der Waals surface area contributed by atoms with Crippen LogP contribution in [0.1, 0.15) is 38.2 Å². The van der Waals surface area contributed by atoms with Crippen molar-refractivity contribution < 1.29 is 29.0 Å². The smallest absolute Gasteiger partial charge is 0.305 e. The van der Waals surface area contributed by atoms with Crippen molar-refractivity contribution in [3.05, 3.63) is 64.6 Å². The molecule has 0 bridgehead atoms. The molecule has 0 saturated carbocycles. The molecule has 3 heterocycles. The van der Waals surface area contributed by atoms with E-state index in [0.717, 1.165) is 5.39 Å². The zero-order valence-electron chi connectivity index (χ0n) is 23.9. The van der Waals surface area contributed by atoms with E-state index in [4.69, 9.17) is 9.47 Å². The minimum Gasteiger partial charge on any atom is -0.469 e. The molecule has 2 aromatic carbocycles. The normalized spacial score (nSPS) is 23.9. The number of amides is 1. The fourth-order valence-corrected chi connectivity index (χ4v) is 9.34. The van der Waals surface area contributed by atoms with Crippen LogP contribution in [0.5, 0.6) is 0 Å². The van der Waals surface area contributed by atoms with Crippen molar-refractivity contribution in [1.82, 2.24) is 9.78 Å². The molecule has 2 aliphatic heterocycles. The lowest BCUT2D eigenvalue weighted by molar-refractivity contribution is -0.146. The highest BCUT2D eigenvalue weighted by Crippen LogP contribution is 2.59. The minimum absolute atomic E-state index is 0.136. The van der Waals surface area contributed by atoms with Crippen LogP contribution >= 0.6 is 0 Å². The highest BCUT2D eigenvalue weighted by Gasteiger charge is 2.66. The molecule has 1 aromatic heterocycles. The molecule has 11 heteroatoms. The molecule has 10 nitrogen and oxygen atoms in total. The summed E-state index contributed by atoms with van der Waals surface area (Å²) in [5.41, 5.74) is -0.203. The summed E-state index contributed by atoms with van der Waals surface area (Å²) < 4.78 is 12.7. The zero-order chi connectivity index (χ0) is 29.5. The molecule has 1 fully saturated rings. The minimum atomic E-state index is -2.84.